The molecule has 2 aliphatic heterocycles. The number of fused-ring (bicyclic) bond motifs is 1. The van der Waals surface area contributed by atoms with Gasteiger partial charge in [-0.2, -0.15) is 0 Å². The second kappa shape index (κ2) is 4.56. The number of piperazine rings is 1. The van der Waals surface area contributed by atoms with Crippen molar-refractivity contribution in [3.05, 3.63) is 0 Å². The number of carbonyl (C=O) groups excluding carboxylic acids is 2. The number of nitrogens with zero attached hydrogens (tertiary/aromatic N) is 2. The third kappa shape index (κ3) is 1.82. The van der Waals surface area contributed by atoms with E-state index < -0.39 is 0 Å². The summed E-state index contributed by atoms with van der Waals surface area (Å²) in [5.74, 6) is 1.01. The zero-order chi connectivity index (χ0) is 12.7. The topological polar surface area (TPSA) is 40.6 Å². The molecule has 4 nitrogen and oxygen atoms in total. The minimum atomic E-state index is -0.243. The molecule has 2 amide bonds. The fourth-order valence-electron chi connectivity index (χ4n) is 3.41. The van der Waals surface area contributed by atoms with Gasteiger partial charge in [-0.25, -0.2) is 0 Å². The molecule has 2 heterocycles. The Morgan fingerprint density at radius 3 is 2.50 bits per heavy atom. The van der Waals surface area contributed by atoms with E-state index in [1.807, 2.05) is 16.7 Å². The van der Waals surface area contributed by atoms with Gasteiger partial charge >= 0.3 is 0 Å². The predicted molar refractivity (Wildman–Crippen MR) is 67.9 cm³/mol. The summed E-state index contributed by atoms with van der Waals surface area (Å²) in [6, 6.07) is -0.394. The van der Waals surface area contributed by atoms with E-state index in [0.29, 0.717) is 5.92 Å². The summed E-state index contributed by atoms with van der Waals surface area (Å²) in [5.41, 5.74) is 0. The molecule has 0 aromatic carbocycles. The van der Waals surface area contributed by atoms with Crippen molar-refractivity contribution in [2.75, 3.05) is 13.1 Å². The lowest BCUT2D eigenvalue weighted by Gasteiger charge is -2.47. The number of piperidine rings is 1. The third-order valence-corrected chi connectivity index (χ3v) is 4.86. The highest BCUT2D eigenvalue weighted by Crippen LogP contribution is 2.31. The van der Waals surface area contributed by atoms with Crippen molar-refractivity contribution in [1.82, 2.24) is 9.80 Å². The van der Waals surface area contributed by atoms with Gasteiger partial charge in [-0.15, -0.1) is 0 Å². The molecule has 0 aromatic rings. The van der Waals surface area contributed by atoms with E-state index >= 15 is 0 Å². The number of rotatable bonds is 2. The molecule has 0 spiro atoms. The fraction of sp³-hybridized carbons (Fsp3) is 0.857. The van der Waals surface area contributed by atoms with Crippen molar-refractivity contribution in [3.8, 4) is 0 Å². The summed E-state index contributed by atoms with van der Waals surface area (Å²) in [6.07, 6.45) is 6.71. The number of carbonyl (C=O) groups is 2. The molecule has 3 aliphatic rings. The van der Waals surface area contributed by atoms with Crippen LogP contribution in [0.1, 0.15) is 45.4 Å². The second-order valence-corrected chi connectivity index (χ2v) is 6.01. The summed E-state index contributed by atoms with van der Waals surface area (Å²) in [6.45, 7) is 3.47. The smallest absolute Gasteiger partial charge is 0.246 e. The van der Waals surface area contributed by atoms with Crippen LogP contribution >= 0.6 is 0 Å². The Labute approximate surface area is 108 Å². The highest BCUT2D eigenvalue weighted by atomic mass is 16.2. The third-order valence-electron chi connectivity index (χ3n) is 4.86. The van der Waals surface area contributed by atoms with Crippen LogP contribution in [0.25, 0.3) is 0 Å². The molecule has 0 N–H and O–H groups in total. The van der Waals surface area contributed by atoms with Crippen LogP contribution < -0.4 is 0 Å². The van der Waals surface area contributed by atoms with E-state index in [1.165, 1.54) is 19.3 Å². The average Bonchev–Trinajstić information content (AvgIpc) is 2.34. The van der Waals surface area contributed by atoms with Crippen molar-refractivity contribution in [2.45, 2.75) is 57.5 Å². The second-order valence-electron chi connectivity index (χ2n) is 6.01. The Morgan fingerprint density at radius 1 is 1.06 bits per heavy atom. The zero-order valence-electron chi connectivity index (χ0n) is 11.1. The Hall–Kier alpha value is -1.06. The van der Waals surface area contributed by atoms with E-state index in [-0.39, 0.29) is 23.9 Å². The molecule has 1 saturated carbocycles. The molecule has 4 heteroatoms. The van der Waals surface area contributed by atoms with E-state index in [9.17, 15) is 9.59 Å². The van der Waals surface area contributed by atoms with Crippen LogP contribution in [0.5, 0.6) is 0 Å². The van der Waals surface area contributed by atoms with Gasteiger partial charge in [0.05, 0.1) is 0 Å². The Kier molecular flexibility index (Phi) is 3.04. The van der Waals surface area contributed by atoms with Crippen molar-refractivity contribution >= 4 is 11.8 Å². The van der Waals surface area contributed by atoms with Crippen LogP contribution in [-0.2, 0) is 9.59 Å². The molecule has 3 rings (SSSR count). The predicted octanol–water partition coefficient (Wildman–Crippen LogP) is 1.40. The van der Waals surface area contributed by atoms with Gasteiger partial charge in [-0.1, -0.05) is 6.42 Å². The van der Waals surface area contributed by atoms with E-state index in [4.69, 9.17) is 0 Å². The maximum Gasteiger partial charge on any atom is 0.246 e. The molecule has 2 atom stereocenters. The normalized spacial score (nSPS) is 33.4. The Bertz CT molecular complexity index is 365. The summed E-state index contributed by atoms with van der Waals surface area (Å²) < 4.78 is 0. The molecule has 0 radical (unpaired) electrons. The molecule has 100 valence electrons. The minimum absolute atomic E-state index is 0.150. The molecular weight excluding hydrogens is 228 g/mol. The van der Waals surface area contributed by atoms with E-state index in [0.717, 1.165) is 32.4 Å². The minimum Gasteiger partial charge on any atom is -0.329 e. The monoisotopic (exact) mass is 250 g/mol. The van der Waals surface area contributed by atoms with Gasteiger partial charge in [0.25, 0.3) is 0 Å². The number of hydrogen-bond donors (Lipinski definition) is 0. The van der Waals surface area contributed by atoms with Gasteiger partial charge in [0.15, 0.2) is 0 Å². The molecular formula is C14H22N2O2. The SMILES string of the molecule is CC1C(=O)N2CCCCC2C(=O)N1CC1CCC1. The van der Waals surface area contributed by atoms with Gasteiger partial charge < -0.3 is 9.80 Å². The highest BCUT2D eigenvalue weighted by molar-refractivity contribution is 5.96. The van der Waals surface area contributed by atoms with Gasteiger partial charge in [-0.3, -0.25) is 9.59 Å². The van der Waals surface area contributed by atoms with Crippen molar-refractivity contribution in [2.24, 2.45) is 5.92 Å². The number of hydrogen-bond acceptors (Lipinski definition) is 2. The molecule has 3 fully saturated rings. The lowest BCUT2D eigenvalue weighted by molar-refractivity contribution is -0.164. The first-order valence-electron chi connectivity index (χ1n) is 7.29. The quantitative estimate of drug-likeness (QED) is 0.743. The molecule has 1 aliphatic carbocycles. The van der Waals surface area contributed by atoms with Crippen LogP contribution in [0.2, 0.25) is 0 Å². The molecule has 2 unspecified atom stereocenters. The zero-order valence-corrected chi connectivity index (χ0v) is 11.1. The van der Waals surface area contributed by atoms with Gasteiger partial charge in [-0.05, 0) is 44.9 Å². The summed E-state index contributed by atoms with van der Waals surface area (Å²) >= 11 is 0. The first-order chi connectivity index (χ1) is 8.68. The molecule has 0 aromatic heterocycles. The summed E-state index contributed by atoms with van der Waals surface area (Å²) in [7, 11) is 0. The summed E-state index contributed by atoms with van der Waals surface area (Å²) in [5, 5.41) is 0. The summed E-state index contributed by atoms with van der Waals surface area (Å²) in [4.78, 5) is 28.5. The lowest BCUT2D eigenvalue weighted by atomic mass is 9.84. The van der Waals surface area contributed by atoms with Crippen LogP contribution in [0.3, 0.4) is 0 Å². The van der Waals surface area contributed by atoms with Crippen LogP contribution in [-0.4, -0.2) is 46.8 Å². The van der Waals surface area contributed by atoms with Gasteiger partial charge in [0, 0.05) is 13.1 Å². The van der Waals surface area contributed by atoms with Gasteiger partial charge in [0.2, 0.25) is 11.8 Å². The van der Waals surface area contributed by atoms with Crippen LogP contribution in [0, 0.1) is 5.92 Å². The van der Waals surface area contributed by atoms with Crippen molar-refractivity contribution < 1.29 is 9.59 Å². The number of amides is 2. The standard InChI is InChI=1S/C14H22N2O2/c1-10-13(17)15-8-3-2-7-12(15)14(18)16(10)9-11-5-4-6-11/h10-12H,2-9H2,1H3. The largest absolute Gasteiger partial charge is 0.329 e. The first kappa shape index (κ1) is 12.0. The van der Waals surface area contributed by atoms with E-state index in [1.54, 1.807) is 0 Å². The molecule has 18 heavy (non-hydrogen) atoms. The Balaban J connectivity index is 1.76. The highest BCUT2D eigenvalue weighted by Gasteiger charge is 2.45. The van der Waals surface area contributed by atoms with Crippen molar-refractivity contribution in [1.29, 1.82) is 0 Å². The maximum absolute atomic E-state index is 12.5. The van der Waals surface area contributed by atoms with E-state index in [2.05, 4.69) is 0 Å². The first-order valence-corrected chi connectivity index (χ1v) is 7.29. The van der Waals surface area contributed by atoms with Crippen LogP contribution in [0.4, 0.5) is 0 Å². The average molecular weight is 250 g/mol. The maximum atomic E-state index is 12.5. The Morgan fingerprint density at radius 2 is 1.83 bits per heavy atom. The lowest BCUT2D eigenvalue weighted by Crippen LogP contribution is -2.65. The molecule has 0 bridgehead atoms. The fourth-order valence-corrected chi connectivity index (χ4v) is 3.41. The van der Waals surface area contributed by atoms with Gasteiger partial charge in [0.1, 0.15) is 12.1 Å². The molecule has 2 saturated heterocycles. The van der Waals surface area contributed by atoms with Crippen molar-refractivity contribution in [3.63, 3.8) is 0 Å². The van der Waals surface area contributed by atoms with Crippen LogP contribution in [0.15, 0.2) is 0 Å².